The molecule has 8 heavy (non-hydrogen) atoms. The second kappa shape index (κ2) is 2.45. The highest BCUT2D eigenvalue weighted by atomic mass is 79.9. The molecule has 0 fully saturated rings. The van der Waals surface area contributed by atoms with Crippen molar-refractivity contribution in [2.45, 2.75) is 0 Å². The van der Waals surface area contributed by atoms with Gasteiger partial charge in [0.05, 0.1) is 28.5 Å². The second-order valence-electron chi connectivity index (χ2n) is 1.03. The van der Waals surface area contributed by atoms with E-state index in [4.69, 9.17) is 0 Å². The first-order chi connectivity index (χ1) is 3.80. The van der Waals surface area contributed by atoms with E-state index in [2.05, 4.69) is 42.6 Å². The summed E-state index contributed by atoms with van der Waals surface area (Å²) < 4.78 is 2.92. The molecule has 0 N–H and O–H groups in total. The van der Waals surface area contributed by atoms with Crippen molar-refractivity contribution in [1.82, 2.24) is 8.18 Å². The van der Waals surface area contributed by atoms with Crippen molar-refractivity contribution in [3.63, 3.8) is 0 Å². The number of hydrogen-bond acceptors (Lipinski definition) is 4. The Bertz CT molecular complexity index is 116. The van der Waals surface area contributed by atoms with Crippen molar-refractivity contribution in [2.24, 2.45) is 10.3 Å². The van der Waals surface area contributed by atoms with Crippen molar-refractivity contribution in [3.05, 3.63) is 12.4 Å². The van der Waals surface area contributed by atoms with Crippen LogP contribution in [0.25, 0.3) is 0 Å². The van der Waals surface area contributed by atoms with Crippen LogP contribution in [-0.4, -0.2) is 8.18 Å². The van der Waals surface area contributed by atoms with Crippen molar-refractivity contribution in [1.29, 1.82) is 0 Å². The van der Waals surface area contributed by atoms with Gasteiger partial charge in [-0.25, -0.2) is 0 Å². The SMILES string of the molecule is BrN1C=CN=NN1Br. The van der Waals surface area contributed by atoms with Gasteiger partial charge in [0.2, 0.25) is 0 Å². The van der Waals surface area contributed by atoms with Gasteiger partial charge in [0, 0.05) is 0 Å². The smallest absolute Gasteiger partial charge is 0.100 e. The van der Waals surface area contributed by atoms with Gasteiger partial charge in [0.1, 0.15) is 16.1 Å². The summed E-state index contributed by atoms with van der Waals surface area (Å²) in [6.45, 7) is 0. The van der Waals surface area contributed by atoms with Crippen LogP contribution in [0.5, 0.6) is 0 Å². The Morgan fingerprint density at radius 2 is 2.12 bits per heavy atom. The number of rotatable bonds is 0. The first-order valence-corrected chi connectivity index (χ1v) is 3.21. The Kier molecular flexibility index (Phi) is 1.85. The fourth-order valence-electron chi connectivity index (χ4n) is 0.250. The molecule has 0 saturated carbocycles. The first kappa shape index (κ1) is 6.03. The molecule has 1 rings (SSSR count). The Labute approximate surface area is 63.5 Å². The topological polar surface area (TPSA) is 31.2 Å². The molecule has 0 bridgehead atoms. The van der Waals surface area contributed by atoms with Gasteiger partial charge in [0.25, 0.3) is 0 Å². The van der Waals surface area contributed by atoms with E-state index in [0.29, 0.717) is 0 Å². The summed E-state index contributed by atoms with van der Waals surface area (Å²) in [5.74, 6) is 0. The summed E-state index contributed by atoms with van der Waals surface area (Å²) in [6, 6.07) is 0. The van der Waals surface area contributed by atoms with E-state index in [1.807, 2.05) is 0 Å². The van der Waals surface area contributed by atoms with E-state index < -0.39 is 0 Å². The average molecular weight is 242 g/mol. The largest absolute Gasteiger partial charge is 0.196 e. The van der Waals surface area contributed by atoms with Gasteiger partial charge < -0.3 is 0 Å². The zero-order valence-electron chi connectivity index (χ0n) is 3.70. The van der Waals surface area contributed by atoms with Crippen LogP contribution in [0, 0.1) is 0 Å². The molecule has 0 radical (unpaired) electrons. The van der Waals surface area contributed by atoms with Gasteiger partial charge in [-0.05, 0) is 5.22 Å². The molecule has 0 amide bonds. The number of halogens is 2. The van der Waals surface area contributed by atoms with Crippen LogP contribution in [-0.2, 0) is 0 Å². The first-order valence-electron chi connectivity index (χ1n) is 1.79. The summed E-state index contributed by atoms with van der Waals surface area (Å²) in [6.07, 6.45) is 3.26. The molecule has 0 atom stereocenters. The molecule has 0 spiro atoms. The third-order valence-electron chi connectivity index (χ3n) is 0.539. The maximum atomic E-state index is 3.58. The minimum Gasteiger partial charge on any atom is -0.196 e. The van der Waals surface area contributed by atoms with Gasteiger partial charge in [-0.1, -0.05) is 0 Å². The maximum Gasteiger partial charge on any atom is 0.100 e. The summed E-state index contributed by atoms with van der Waals surface area (Å²) >= 11 is 6.18. The van der Waals surface area contributed by atoms with Crippen LogP contribution < -0.4 is 0 Å². The van der Waals surface area contributed by atoms with E-state index in [1.165, 1.54) is 4.14 Å². The van der Waals surface area contributed by atoms with Crippen molar-refractivity contribution in [2.75, 3.05) is 0 Å². The van der Waals surface area contributed by atoms with Gasteiger partial charge in [0.15, 0.2) is 0 Å². The zero-order chi connectivity index (χ0) is 5.98. The van der Waals surface area contributed by atoms with Crippen LogP contribution in [0.2, 0.25) is 0 Å². The van der Waals surface area contributed by atoms with Crippen molar-refractivity contribution < 1.29 is 0 Å². The van der Waals surface area contributed by atoms with Crippen LogP contribution in [0.4, 0.5) is 0 Å². The van der Waals surface area contributed by atoms with E-state index in [-0.39, 0.29) is 0 Å². The number of hydrazine groups is 1. The monoisotopic (exact) mass is 240 g/mol. The van der Waals surface area contributed by atoms with Crippen LogP contribution in [0.1, 0.15) is 0 Å². The van der Waals surface area contributed by atoms with Crippen LogP contribution >= 0.6 is 32.3 Å². The molecule has 1 aliphatic rings. The average Bonchev–Trinajstić information content (AvgIpc) is 1.77. The predicted molar refractivity (Wildman–Crippen MR) is 35.5 cm³/mol. The lowest BCUT2D eigenvalue weighted by Crippen LogP contribution is -2.16. The van der Waals surface area contributed by atoms with E-state index >= 15 is 0 Å². The molecule has 0 aromatic heterocycles. The van der Waals surface area contributed by atoms with Crippen molar-refractivity contribution in [3.8, 4) is 0 Å². The fraction of sp³-hybridized carbons (Fsp3) is 0. The third-order valence-corrected chi connectivity index (χ3v) is 1.99. The fourth-order valence-corrected chi connectivity index (χ4v) is 0.607. The summed E-state index contributed by atoms with van der Waals surface area (Å²) in [7, 11) is 0. The highest BCUT2D eigenvalue weighted by Crippen LogP contribution is 2.14. The zero-order valence-corrected chi connectivity index (χ0v) is 6.87. The standard InChI is InChI=1S/C2H2Br2N4/c3-7-2-1-5-6-8(7)4/h1-2H. The lowest BCUT2D eigenvalue weighted by molar-refractivity contribution is 0.275. The van der Waals surface area contributed by atoms with Crippen LogP contribution in [0.3, 0.4) is 0 Å². The summed E-state index contributed by atoms with van der Waals surface area (Å²) in [4.78, 5) is 0. The third kappa shape index (κ3) is 1.19. The van der Waals surface area contributed by atoms with E-state index in [0.717, 1.165) is 0 Å². The Hall–Kier alpha value is -0.100. The Morgan fingerprint density at radius 1 is 1.38 bits per heavy atom. The molecular formula is C2H2Br2N4. The molecule has 0 aromatic carbocycles. The molecule has 1 heterocycles. The highest BCUT2D eigenvalue weighted by molar-refractivity contribution is 9.09. The van der Waals surface area contributed by atoms with Gasteiger partial charge in [-0.2, -0.15) is 4.03 Å². The molecule has 44 valence electrons. The molecule has 0 aromatic rings. The minimum absolute atomic E-state index is 1.37. The van der Waals surface area contributed by atoms with Gasteiger partial charge in [-0.3, -0.25) is 0 Å². The van der Waals surface area contributed by atoms with Gasteiger partial charge >= 0.3 is 0 Å². The quantitative estimate of drug-likeness (QED) is 0.608. The summed E-state index contributed by atoms with van der Waals surface area (Å²) in [5, 5.41) is 7.14. The molecule has 0 unspecified atom stereocenters. The predicted octanol–water partition coefficient (Wildman–Crippen LogP) is 1.98. The lowest BCUT2D eigenvalue weighted by Gasteiger charge is -2.17. The molecule has 0 aliphatic carbocycles. The summed E-state index contributed by atoms with van der Waals surface area (Å²) in [5.41, 5.74) is 0. The van der Waals surface area contributed by atoms with E-state index in [1.54, 1.807) is 16.4 Å². The van der Waals surface area contributed by atoms with Gasteiger partial charge in [-0.15, -0.1) is 9.26 Å². The molecular weight excluding hydrogens is 240 g/mol. The van der Waals surface area contributed by atoms with Crippen molar-refractivity contribution >= 4 is 32.3 Å². The molecule has 4 nitrogen and oxygen atoms in total. The normalized spacial score (nSPS) is 17.8. The molecule has 0 saturated heterocycles. The second-order valence-corrected chi connectivity index (χ2v) is 2.39. The lowest BCUT2D eigenvalue weighted by atomic mass is 10.9. The number of hydrogen-bond donors (Lipinski definition) is 0. The van der Waals surface area contributed by atoms with Crippen LogP contribution in [0.15, 0.2) is 22.7 Å². The Balaban J connectivity index is 2.59. The van der Waals surface area contributed by atoms with E-state index in [9.17, 15) is 0 Å². The Morgan fingerprint density at radius 3 is 2.50 bits per heavy atom. The molecule has 1 aliphatic heterocycles. The minimum atomic E-state index is 1.37. The highest BCUT2D eigenvalue weighted by Gasteiger charge is 2.02. The maximum absolute atomic E-state index is 3.58. The number of nitrogens with zero attached hydrogens (tertiary/aromatic N) is 4. The molecule has 6 heteroatoms.